The van der Waals surface area contributed by atoms with Crippen LogP contribution in [0.5, 0.6) is 0 Å². The second-order valence-corrected chi connectivity index (χ2v) is 9.53. The van der Waals surface area contributed by atoms with Crippen LogP contribution in [0.15, 0.2) is 30.3 Å². The zero-order valence-electron chi connectivity index (χ0n) is 18.0. The summed E-state index contributed by atoms with van der Waals surface area (Å²) >= 11 is 0. The van der Waals surface area contributed by atoms with Gasteiger partial charge < -0.3 is 15.4 Å². The zero-order chi connectivity index (χ0) is 20.9. The lowest BCUT2D eigenvalue weighted by Gasteiger charge is -2.31. The first-order chi connectivity index (χ1) is 13.8. The Kier molecular flexibility index (Phi) is 6.83. The molecule has 1 saturated carbocycles. The molecule has 2 N–H and O–H groups in total. The molecule has 160 valence electrons. The quantitative estimate of drug-likeness (QED) is 0.737. The van der Waals surface area contributed by atoms with Gasteiger partial charge in [0, 0.05) is 18.5 Å². The Morgan fingerprint density at radius 3 is 2.34 bits per heavy atom. The summed E-state index contributed by atoms with van der Waals surface area (Å²) in [6, 6.07) is 10.5. The zero-order valence-corrected chi connectivity index (χ0v) is 18.0. The van der Waals surface area contributed by atoms with Crippen molar-refractivity contribution in [2.45, 2.75) is 57.5 Å². The number of carbonyl (C=O) groups is 2. The minimum Gasteiger partial charge on any atom is -0.444 e. The van der Waals surface area contributed by atoms with Gasteiger partial charge in [0.1, 0.15) is 5.60 Å². The van der Waals surface area contributed by atoms with Crippen LogP contribution in [0.4, 0.5) is 4.79 Å². The third-order valence-electron chi connectivity index (χ3n) is 5.87. The van der Waals surface area contributed by atoms with E-state index in [2.05, 4.69) is 39.8 Å². The number of hydrogen-bond donors (Lipinski definition) is 2. The van der Waals surface area contributed by atoms with E-state index in [1.54, 1.807) is 0 Å². The first-order valence-corrected chi connectivity index (χ1v) is 10.8. The Labute approximate surface area is 174 Å². The van der Waals surface area contributed by atoms with E-state index < -0.39 is 5.60 Å². The predicted octanol–water partition coefficient (Wildman–Crippen LogP) is 3.07. The average Bonchev–Trinajstić information content (AvgIpc) is 3.47. The Hall–Kier alpha value is -2.08. The largest absolute Gasteiger partial charge is 0.444 e. The highest BCUT2D eigenvalue weighted by Crippen LogP contribution is 2.47. The van der Waals surface area contributed by atoms with Gasteiger partial charge in [0.15, 0.2) is 0 Å². The molecule has 0 atom stereocenters. The van der Waals surface area contributed by atoms with Gasteiger partial charge in [-0.15, -0.1) is 0 Å². The number of hydrogen-bond acceptors (Lipinski definition) is 4. The van der Waals surface area contributed by atoms with Crippen LogP contribution in [0.3, 0.4) is 0 Å². The van der Waals surface area contributed by atoms with Crippen LogP contribution in [0.2, 0.25) is 0 Å². The molecule has 0 spiro atoms. The summed E-state index contributed by atoms with van der Waals surface area (Å²) < 4.78 is 5.28. The molecule has 6 nitrogen and oxygen atoms in total. The number of nitrogens with one attached hydrogen (secondary N) is 2. The summed E-state index contributed by atoms with van der Waals surface area (Å²) in [4.78, 5) is 26.4. The number of likely N-dealkylation sites (tertiary alicyclic amines) is 1. The van der Waals surface area contributed by atoms with Gasteiger partial charge in [-0.3, -0.25) is 9.69 Å². The van der Waals surface area contributed by atoms with Crippen molar-refractivity contribution in [3.63, 3.8) is 0 Å². The molecule has 1 aliphatic heterocycles. The maximum absolute atomic E-state index is 12.4. The van der Waals surface area contributed by atoms with E-state index in [1.807, 2.05) is 26.8 Å². The molecule has 2 fully saturated rings. The lowest BCUT2D eigenvalue weighted by molar-refractivity contribution is -0.122. The summed E-state index contributed by atoms with van der Waals surface area (Å²) in [6.45, 7) is 9.18. The van der Waals surface area contributed by atoms with Crippen LogP contribution in [0.1, 0.15) is 52.0 Å². The summed E-state index contributed by atoms with van der Waals surface area (Å²) in [6.07, 6.45) is 3.90. The summed E-state index contributed by atoms with van der Waals surface area (Å²) in [5, 5.41) is 6.02. The monoisotopic (exact) mass is 401 g/mol. The number of carbonyl (C=O) groups excluding carboxylic acids is 2. The molecule has 29 heavy (non-hydrogen) atoms. The lowest BCUT2D eigenvalue weighted by atomic mass is 9.96. The van der Waals surface area contributed by atoms with E-state index in [0.717, 1.165) is 45.3 Å². The Balaban J connectivity index is 1.32. The van der Waals surface area contributed by atoms with Crippen LogP contribution in [0, 0.1) is 5.92 Å². The van der Waals surface area contributed by atoms with Crippen molar-refractivity contribution < 1.29 is 14.3 Å². The van der Waals surface area contributed by atoms with Crippen LogP contribution >= 0.6 is 0 Å². The number of alkyl carbamates (subject to hydrolysis) is 1. The standard InChI is InChI=1S/C23H35N3O3/c1-22(2,3)29-21(28)24-15-18-9-13-26(14-10-18)16-20(27)25-17-23(11-12-23)19-7-5-4-6-8-19/h4-8,18H,9-17H2,1-3H3,(H,24,28)(H,25,27). The third kappa shape index (κ3) is 6.74. The van der Waals surface area contributed by atoms with Crippen molar-refractivity contribution in [1.82, 2.24) is 15.5 Å². The van der Waals surface area contributed by atoms with Gasteiger partial charge in [0.2, 0.25) is 5.91 Å². The van der Waals surface area contributed by atoms with Gasteiger partial charge in [0.25, 0.3) is 0 Å². The van der Waals surface area contributed by atoms with Crippen molar-refractivity contribution in [1.29, 1.82) is 0 Å². The molecule has 0 radical (unpaired) electrons. The van der Waals surface area contributed by atoms with Gasteiger partial charge in [-0.1, -0.05) is 30.3 Å². The van der Waals surface area contributed by atoms with Crippen molar-refractivity contribution in [2.75, 3.05) is 32.7 Å². The fourth-order valence-corrected chi connectivity index (χ4v) is 3.93. The normalized spacial score (nSPS) is 19.4. The van der Waals surface area contributed by atoms with Gasteiger partial charge in [-0.2, -0.15) is 0 Å². The Morgan fingerprint density at radius 1 is 1.10 bits per heavy atom. The first kappa shape index (κ1) is 21.6. The molecule has 0 unspecified atom stereocenters. The maximum Gasteiger partial charge on any atom is 0.407 e. The summed E-state index contributed by atoms with van der Waals surface area (Å²) in [5.74, 6) is 0.548. The van der Waals surface area contributed by atoms with E-state index in [-0.39, 0.29) is 17.4 Å². The van der Waals surface area contributed by atoms with Crippen molar-refractivity contribution in [3.05, 3.63) is 35.9 Å². The number of benzene rings is 1. The smallest absolute Gasteiger partial charge is 0.407 e. The number of rotatable bonds is 7. The van der Waals surface area contributed by atoms with Crippen molar-refractivity contribution >= 4 is 12.0 Å². The SMILES string of the molecule is CC(C)(C)OC(=O)NCC1CCN(CC(=O)NCC2(c3ccccc3)CC2)CC1. The maximum atomic E-state index is 12.4. The number of piperidine rings is 1. The van der Waals surface area contributed by atoms with Crippen LogP contribution < -0.4 is 10.6 Å². The lowest BCUT2D eigenvalue weighted by Crippen LogP contribution is -2.45. The highest BCUT2D eigenvalue weighted by molar-refractivity contribution is 5.78. The van der Waals surface area contributed by atoms with Crippen LogP contribution in [-0.4, -0.2) is 55.2 Å². The average molecular weight is 402 g/mol. The molecule has 3 rings (SSSR count). The molecule has 1 aromatic carbocycles. The number of nitrogens with zero attached hydrogens (tertiary/aromatic N) is 1. The van der Waals surface area contributed by atoms with E-state index >= 15 is 0 Å². The summed E-state index contributed by atoms with van der Waals surface area (Å²) in [7, 11) is 0. The predicted molar refractivity (Wildman–Crippen MR) is 114 cm³/mol. The van der Waals surface area contributed by atoms with Crippen LogP contribution in [-0.2, 0) is 14.9 Å². The fraction of sp³-hybridized carbons (Fsp3) is 0.652. The molecule has 6 heteroatoms. The molecule has 0 aromatic heterocycles. The van der Waals surface area contributed by atoms with Gasteiger partial charge in [-0.25, -0.2) is 4.79 Å². The molecule has 1 aliphatic carbocycles. The number of amides is 2. The van der Waals surface area contributed by atoms with E-state index in [1.165, 1.54) is 5.56 Å². The highest BCUT2D eigenvalue weighted by Gasteiger charge is 2.44. The van der Waals surface area contributed by atoms with Gasteiger partial charge >= 0.3 is 6.09 Å². The van der Waals surface area contributed by atoms with E-state index in [9.17, 15) is 9.59 Å². The van der Waals surface area contributed by atoms with Crippen molar-refractivity contribution in [3.8, 4) is 0 Å². The molecular formula is C23H35N3O3. The van der Waals surface area contributed by atoms with E-state index in [4.69, 9.17) is 4.74 Å². The topological polar surface area (TPSA) is 70.7 Å². The van der Waals surface area contributed by atoms with E-state index in [0.29, 0.717) is 19.0 Å². The molecule has 0 bridgehead atoms. The molecule has 1 aromatic rings. The molecule has 1 saturated heterocycles. The Morgan fingerprint density at radius 2 is 1.76 bits per heavy atom. The Bertz CT molecular complexity index is 687. The van der Waals surface area contributed by atoms with Crippen LogP contribution in [0.25, 0.3) is 0 Å². The third-order valence-corrected chi connectivity index (χ3v) is 5.87. The van der Waals surface area contributed by atoms with Gasteiger partial charge in [0.05, 0.1) is 6.54 Å². The minimum atomic E-state index is -0.472. The first-order valence-electron chi connectivity index (χ1n) is 10.8. The molecular weight excluding hydrogens is 366 g/mol. The second kappa shape index (κ2) is 9.16. The fourth-order valence-electron chi connectivity index (χ4n) is 3.93. The molecule has 2 amide bonds. The minimum absolute atomic E-state index is 0.109. The molecule has 1 heterocycles. The van der Waals surface area contributed by atoms with Crippen molar-refractivity contribution in [2.24, 2.45) is 5.92 Å². The van der Waals surface area contributed by atoms with Gasteiger partial charge in [-0.05, 0) is 71.0 Å². The number of ether oxygens (including phenoxy) is 1. The molecule has 2 aliphatic rings. The highest BCUT2D eigenvalue weighted by atomic mass is 16.6. The summed E-state index contributed by atoms with van der Waals surface area (Å²) in [5.41, 5.74) is 1.01. The second-order valence-electron chi connectivity index (χ2n) is 9.53.